The third-order valence-electron chi connectivity index (χ3n) is 3.89. The van der Waals surface area contributed by atoms with Crippen LogP contribution in [0.25, 0.3) is 0 Å². The highest BCUT2D eigenvalue weighted by molar-refractivity contribution is 4.93. The van der Waals surface area contributed by atoms with Gasteiger partial charge in [-0.05, 0) is 50.6 Å². The van der Waals surface area contributed by atoms with E-state index in [2.05, 4.69) is 31.3 Å². The maximum atomic E-state index is 5.82. The summed E-state index contributed by atoms with van der Waals surface area (Å²) in [4.78, 5) is 0. The lowest BCUT2D eigenvalue weighted by molar-refractivity contribution is 0.0765. The Hall–Kier alpha value is -0.340. The van der Waals surface area contributed by atoms with Crippen LogP contribution >= 0.6 is 0 Å². The quantitative estimate of drug-likeness (QED) is 0.472. The number of hydrogen-bond donors (Lipinski definition) is 1. The van der Waals surface area contributed by atoms with E-state index in [0.29, 0.717) is 0 Å². The van der Waals surface area contributed by atoms with Crippen molar-refractivity contribution in [1.82, 2.24) is 5.32 Å². The molecule has 1 N–H and O–H groups in total. The molecule has 1 aliphatic rings. The summed E-state index contributed by atoms with van der Waals surface area (Å²) in [6.07, 6.45) is 12.2. The molecule has 0 fully saturated rings. The topological polar surface area (TPSA) is 21.3 Å². The molecule has 0 saturated carbocycles. The maximum absolute atomic E-state index is 5.82. The van der Waals surface area contributed by atoms with E-state index in [4.69, 9.17) is 4.74 Å². The first-order valence-corrected chi connectivity index (χ1v) is 7.78. The van der Waals surface area contributed by atoms with Crippen LogP contribution in [0, 0.1) is 11.8 Å². The van der Waals surface area contributed by atoms with Gasteiger partial charge in [-0.1, -0.05) is 38.8 Å². The SMILES string of the molecule is CCNCCCCCCOCC1CC=CCC1C. The van der Waals surface area contributed by atoms with Crippen molar-refractivity contribution in [3.63, 3.8) is 0 Å². The summed E-state index contributed by atoms with van der Waals surface area (Å²) in [7, 11) is 0. The molecule has 1 rings (SSSR count). The standard InChI is InChI=1S/C16H31NO/c1-3-17-12-8-4-5-9-13-18-14-16-11-7-6-10-15(16)2/h6-7,15-17H,3-5,8-14H2,1-2H3. The Morgan fingerprint density at radius 1 is 1.11 bits per heavy atom. The molecule has 18 heavy (non-hydrogen) atoms. The predicted molar refractivity (Wildman–Crippen MR) is 78.9 cm³/mol. The summed E-state index contributed by atoms with van der Waals surface area (Å²) in [5, 5.41) is 3.36. The smallest absolute Gasteiger partial charge is 0.0499 e. The van der Waals surface area contributed by atoms with Crippen molar-refractivity contribution in [3.05, 3.63) is 12.2 Å². The van der Waals surface area contributed by atoms with Crippen LogP contribution in [0.5, 0.6) is 0 Å². The first-order valence-electron chi connectivity index (χ1n) is 7.78. The van der Waals surface area contributed by atoms with E-state index in [0.717, 1.165) is 31.6 Å². The van der Waals surface area contributed by atoms with Gasteiger partial charge in [-0.25, -0.2) is 0 Å². The number of ether oxygens (including phenoxy) is 1. The summed E-state index contributed by atoms with van der Waals surface area (Å²) in [6.45, 7) is 8.69. The van der Waals surface area contributed by atoms with Crippen LogP contribution < -0.4 is 5.32 Å². The number of hydrogen-bond acceptors (Lipinski definition) is 2. The lowest BCUT2D eigenvalue weighted by atomic mass is 9.85. The van der Waals surface area contributed by atoms with Crippen molar-refractivity contribution in [2.75, 3.05) is 26.3 Å². The number of unbranched alkanes of at least 4 members (excludes halogenated alkanes) is 3. The molecule has 2 atom stereocenters. The maximum Gasteiger partial charge on any atom is 0.0499 e. The van der Waals surface area contributed by atoms with E-state index in [-0.39, 0.29) is 0 Å². The van der Waals surface area contributed by atoms with Crippen LogP contribution in [0.4, 0.5) is 0 Å². The van der Waals surface area contributed by atoms with E-state index in [1.54, 1.807) is 0 Å². The first-order chi connectivity index (χ1) is 8.84. The van der Waals surface area contributed by atoms with Gasteiger partial charge in [0, 0.05) is 13.2 Å². The highest BCUT2D eigenvalue weighted by Crippen LogP contribution is 2.25. The largest absolute Gasteiger partial charge is 0.381 e. The van der Waals surface area contributed by atoms with Gasteiger partial charge in [-0.15, -0.1) is 0 Å². The molecule has 0 aliphatic heterocycles. The van der Waals surface area contributed by atoms with Crippen molar-refractivity contribution < 1.29 is 4.74 Å². The van der Waals surface area contributed by atoms with Crippen LogP contribution in [0.3, 0.4) is 0 Å². The predicted octanol–water partition coefficient (Wildman–Crippen LogP) is 3.78. The molecule has 2 unspecified atom stereocenters. The molecular formula is C16H31NO. The Kier molecular flexibility index (Phi) is 9.23. The molecule has 0 saturated heterocycles. The van der Waals surface area contributed by atoms with Crippen LogP contribution in [0.2, 0.25) is 0 Å². The molecule has 0 amide bonds. The van der Waals surface area contributed by atoms with E-state index in [9.17, 15) is 0 Å². The molecular weight excluding hydrogens is 222 g/mol. The highest BCUT2D eigenvalue weighted by Gasteiger charge is 2.17. The van der Waals surface area contributed by atoms with Gasteiger partial charge in [0.1, 0.15) is 0 Å². The zero-order chi connectivity index (χ0) is 13.1. The second-order valence-electron chi connectivity index (χ2n) is 5.52. The van der Waals surface area contributed by atoms with Crippen molar-refractivity contribution in [1.29, 1.82) is 0 Å². The summed E-state index contributed by atoms with van der Waals surface area (Å²) < 4.78 is 5.82. The number of allylic oxidation sites excluding steroid dienone is 2. The van der Waals surface area contributed by atoms with Gasteiger partial charge in [0.15, 0.2) is 0 Å². The summed E-state index contributed by atoms with van der Waals surface area (Å²) >= 11 is 0. The van der Waals surface area contributed by atoms with Crippen molar-refractivity contribution >= 4 is 0 Å². The Labute approximate surface area is 113 Å². The third-order valence-corrected chi connectivity index (χ3v) is 3.89. The van der Waals surface area contributed by atoms with Crippen LogP contribution in [-0.4, -0.2) is 26.3 Å². The second kappa shape index (κ2) is 10.6. The molecule has 0 bridgehead atoms. The van der Waals surface area contributed by atoms with E-state index >= 15 is 0 Å². The molecule has 0 spiro atoms. The average Bonchev–Trinajstić information content (AvgIpc) is 2.39. The van der Waals surface area contributed by atoms with E-state index in [1.165, 1.54) is 45.1 Å². The third kappa shape index (κ3) is 7.17. The minimum Gasteiger partial charge on any atom is -0.381 e. The van der Waals surface area contributed by atoms with Gasteiger partial charge < -0.3 is 10.1 Å². The highest BCUT2D eigenvalue weighted by atomic mass is 16.5. The van der Waals surface area contributed by atoms with Gasteiger partial charge >= 0.3 is 0 Å². The lowest BCUT2D eigenvalue weighted by Gasteiger charge is -2.24. The Morgan fingerprint density at radius 2 is 1.89 bits per heavy atom. The Bertz CT molecular complexity index is 215. The summed E-state index contributed by atoms with van der Waals surface area (Å²) in [5.41, 5.74) is 0. The zero-order valence-electron chi connectivity index (χ0n) is 12.3. The summed E-state index contributed by atoms with van der Waals surface area (Å²) in [5.74, 6) is 1.55. The second-order valence-corrected chi connectivity index (χ2v) is 5.52. The molecule has 0 aromatic heterocycles. The minimum absolute atomic E-state index is 0.753. The first kappa shape index (κ1) is 15.7. The monoisotopic (exact) mass is 253 g/mol. The average molecular weight is 253 g/mol. The fourth-order valence-corrected chi connectivity index (χ4v) is 2.46. The van der Waals surface area contributed by atoms with Crippen molar-refractivity contribution in [2.24, 2.45) is 11.8 Å². The fourth-order valence-electron chi connectivity index (χ4n) is 2.46. The molecule has 2 heteroatoms. The van der Waals surface area contributed by atoms with Gasteiger partial charge in [0.05, 0.1) is 0 Å². The molecule has 106 valence electrons. The lowest BCUT2D eigenvalue weighted by Crippen LogP contribution is -2.19. The van der Waals surface area contributed by atoms with Crippen LogP contribution in [-0.2, 0) is 4.74 Å². The van der Waals surface area contributed by atoms with E-state index < -0.39 is 0 Å². The van der Waals surface area contributed by atoms with Crippen molar-refractivity contribution in [2.45, 2.75) is 52.4 Å². The van der Waals surface area contributed by atoms with E-state index in [1.807, 2.05) is 0 Å². The van der Waals surface area contributed by atoms with Gasteiger partial charge in [-0.2, -0.15) is 0 Å². The van der Waals surface area contributed by atoms with Crippen LogP contribution in [0.15, 0.2) is 12.2 Å². The fraction of sp³-hybridized carbons (Fsp3) is 0.875. The normalized spacial score (nSPS) is 23.4. The summed E-state index contributed by atoms with van der Waals surface area (Å²) in [6, 6.07) is 0. The molecule has 0 radical (unpaired) electrons. The zero-order valence-corrected chi connectivity index (χ0v) is 12.3. The number of rotatable bonds is 10. The molecule has 0 aromatic rings. The van der Waals surface area contributed by atoms with Crippen molar-refractivity contribution in [3.8, 4) is 0 Å². The Morgan fingerprint density at radius 3 is 2.67 bits per heavy atom. The molecule has 0 aromatic carbocycles. The van der Waals surface area contributed by atoms with Crippen LogP contribution in [0.1, 0.15) is 52.4 Å². The molecule has 1 aliphatic carbocycles. The molecule has 0 heterocycles. The van der Waals surface area contributed by atoms with Gasteiger partial charge in [0.25, 0.3) is 0 Å². The number of nitrogens with one attached hydrogen (secondary N) is 1. The Balaban J connectivity index is 1.85. The molecule has 2 nitrogen and oxygen atoms in total. The van der Waals surface area contributed by atoms with Gasteiger partial charge in [-0.3, -0.25) is 0 Å². The van der Waals surface area contributed by atoms with Gasteiger partial charge in [0.2, 0.25) is 0 Å². The minimum atomic E-state index is 0.753.